The van der Waals surface area contributed by atoms with Crippen LogP contribution in [0.5, 0.6) is 11.5 Å². The van der Waals surface area contributed by atoms with E-state index in [-0.39, 0.29) is 43.4 Å². The summed E-state index contributed by atoms with van der Waals surface area (Å²) >= 11 is 2.12. The SMILES string of the molecule is COc1cc(CO)cc(I)c1O[C@H]1C=C(C(=O)NCCO)C[C@@H](N(C[C@@H]2CC[C@H]3C[C@@H]2C3(C)C)C(=O)CC2CC3CCC2C3)[C@@H]1O. The molecule has 7 rings (SSSR count). The molecule has 6 aliphatic carbocycles. The summed E-state index contributed by atoms with van der Waals surface area (Å²) < 4.78 is 12.8. The smallest absolute Gasteiger partial charge is 0.247 e. The third-order valence-electron chi connectivity index (χ3n) is 12.4. The van der Waals surface area contributed by atoms with Crippen LogP contribution < -0.4 is 14.8 Å². The van der Waals surface area contributed by atoms with Crippen LogP contribution in [0.4, 0.5) is 0 Å². The van der Waals surface area contributed by atoms with Crippen LogP contribution in [-0.4, -0.2) is 77.1 Å². The van der Waals surface area contributed by atoms with Crippen molar-refractivity contribution < 1.29 is 34.4 Å². The molecule has 46 heavy (non-hydrogen) atoms. The molecule has 2 amide bonds. The molecule has 1 aromatic carbocycles. The number of nitrogens with zero attached hydrogens (tertiary/aromatic N) is 1. The molecule has 5 saturated carbocycles. The van der Waals surface area contributed by atoms with Crippen molar-refractivity contribution in [2.45, 2.75) is 96.5 Å². The van der Waals surface area contributed by atoms with Crippen LogP contribution in [0.3, 0.4) is 0 Å². The number of rotatable bonds is 12. The summed E-state index contributed by atoms with van der Waals surface area (Å²) in [7, 11) is 1.52. The molecule has 9 nitrogen and oxygen atoms in total. The minimum atomic E-state index is -1.08. The predicted molar refractivity (Wildman–Crippen MR) is 182 cm³/mol. The van der Waals surface area contributed by atoms with Gasteiger partial charge < -0.3 is 35.0 Å². The van der Waals surface area contributed by atoms with E-state index in [9.17, 15) is 24.9 Å². The average Bonchev–Trinajstić information content (AvgIpc) is 3.67. The van der Waals surface area contributed by atoms with Crippen LogP contribution in [0.15, 0.2) is 23.8 Å². The number of fused-ring (bicyclic) bond motifs is 4. The number of carbonyl (C=O) groups is 2. The quantitative estimate of drug-likeness (QED) is 0.233. The first-order valence-corrected chi connectivity index (χ1v) is 18.3. The van der Waals surface area contributed by atoms with E-state index in [2.05, 4.69) is 41.8 Å². The number of ether oxygens (including phenoxy) is 2. The van der Waals surface area contributed by atoms with E-state index in [1.807, 2.05) is 4.90 Å². The summed E-state index contributed by atoms with van der Waals surface area (Å²) in [5, 5.41) is 34.0. The average molecular weight is 751 g/mol. The van der Waals surface area contributed by atoms with Crippen molar-refractivity contribution in [2.24, 2.45) is 40.9 Å². The monoisotopic (exact) mass is 750 g/mol. The first kappa shape index (κ1) is 34.0. The van der Waals surface area contributed by atoms with Gasteiger partial charge in [0.05, 0.1) is 29.9 Å². The Hall–Kier alpha value is -1.89. The van der Waals surface area contributed by atoms with Gasteiger partial charge in [-0.05, 0) is 126 Å². The Morgan fingerprint density at radius 1 is 1.09 bits per heavy atom. The summed E-state index contributed by atoms with van der Waals surface area (Å²) in [6.07, 6.45) is 8.61. The number of hydrogen-bond donors (Lipinski definition) is 4. The standard InChI is InChI=1S/C36H51IN2O7/c1-36(2)26-7-6-23(27(36)17-26)18-39(32(42)16-24-11-20-4-5-22(24)10-20)29-14-25(35(44)38-8-9-40)15-30(33(29)43)46-34-28(37)12-21(19-41)13-31(34)45-3/h12-13,15,20,22-24,26-27,29-30,33,40-41,43H,4-11,14,16-19H2,1-3H3,(H,38,44)/t20?,22?,23-,24?,26-,27-,29+,30-,33-/m0/s1. The lowest BCUT2D eigenvalue weighted by Crippen LogP contribution is -2.59. The second kappa shape index (κ2) is 13.9. The first-order chi connectivity index (χ1) is 22.0. The van der Waals surface area contributed by atoms with Gasteiger partial charge in [-0.1, -0.05) is 20.3 Å². The lowest BCUT2D eigenvalue weighted by molar-refractivity contribution is -0.149. The minimum Gasteiger partial charge on any atom is -0.493 e. The van der Waals surface area contributed by atoms with Gasteiger partial charge in [0.15, 0.2) is 11.5 Å². The summed E-state index contributed by atoms with van der Waals surface area (Å²) in [5.41, 5.74) is 1.35. The van der Waals surface area contributed by atoms with Gasteiger partial charge in [-0.2, -0.15) is 0 Å². The Morgan fingerprint density at radius 3 is 2.52 bits per heavy atom. The molecule has 5 fully saturated rings. The Labute approximate surface area is 286 Å². The van der Waals surface area contributed by atoms with Gasteiger partial charge in [-0.25, -0.2) is 0 Å². The normalized spacial score (nSPS) is 34.0. The van der Waals surface area contributed by atoms with E-state index in [1.165, 1.54) is 32.8 Å². The maximum atomic E-state index is 14.5. The van der Waals surface area contributed by atoms with Gasteiger partial charge in [-0.15, -0.1) is 0 Å². The highest BCUT2D eigenvalue weighted by molar-refractivity contribution is 14.1. The van der Waals surface area contributed by atoms with Gasteiger partial charge >= 0.3 is 0 Å². The van der Waals surface area contributed by atoms with Crippen LogP contribution in [0.2, 0.25) is 0 Å². The molecule has 0 spiro atoms. The lowest BCUT2D eigenvalue weighted by atomic mass is 9.45. The fourth-order valence-corrected chi connectivity index (χ4v) is 10.5. The van der Waals surface area contributed by atoms with Crippen LogP contribution in [0.1, 0.15) is 77.2 Å². The third kappa shape index (κ3) is 6.57. The molecular formula is C36H51IN2O7. The summed E-state index contributed by atoms with van der Waals surface area (Å²) in [6.45, 7) is 5.06. The number of aliphatic hydroxyl groups is 3. The number of amides is 2. The van der Waals surface area contributed by atoms with Crippen LogP contribution in [0, 0.1) is 44.5 Å². The zero-order valence-electron chi connectivity index (χ0n) is 27.4. The Bertz CT molecular complexity index is 1330. The molecule has 6 aliphatic rings. The zero-order valence-corrected chi connectivity index (χ0v) is 29.6. The number of carbonyl (C=O) groups excluding carboxylic acids is 2. The molecule has 0 aliphatic heterocycles. The van der Waals surface area contributed by atoms with E-state index < -0.39 is 18.2 Å². The summed E-state index contributed by atoms with van der Waals surface area (Å²) in [4.78, 5) is 29.8. The topological polar surface area (TPSA) is 129 Å². The Balaban J connectivity index is 1.32. The van der Waals surface area contributed by atoms with E-state index in [4.69, 9.17) is 9.47 Å². The van der Waals surface area contributed by atoms with Gasteiger partial charge in [0.25, 0.3) is 0 Å². The van der Waals surface area contributed by atoms with Crippen molar-refractivity contribution in [1.29, 1.82) is 0 Å². The highest BCUT2D eigenvalue weighted by Gasteiger charge is 2.55. The maximum absolute atomic E-state index is 14.5. The molecule has 9 atom stereocenters. The van der Waals surface area contributed by atoms with E-state index >= 15 is 0 Å². The Morgan fingerprint density at radius 2 is 1.89 bits per heavy atom. The van der Waals surface area contributed by atoms with Crippen molar-refractivity contribution in [3.8, 4) is 11.5 Å². The molecule has 254 valence electrons. The van der Waals surface area contributed by atoms with Crippen molar-refractivity contribution in [3.05, 3.63) is 32.9 Å². The van der Waals surface area contributed by atoms with E-state index in [1.54, 1.807) is 18.2 Å². The molecule has 4 bridgehead atoms. The number of methoxy groups -OCH3 is 1. The second-order valence-electron chi connectivity index (χ2n) is 15.2. The molecule has 4 N–H and O–H groups in total. The molecule has 10 heteroatoms. The zero-order chi connectivity index (χ0) is 32.7. The lowest BCUT2D eigenvalue weighted by Gasteiger charge is -2.61. The number of halogens is 1. The van der Waals surface area contributed by atoms with Crippen LogP contribution in [-0.2, 0) is 16.2 Å². The molecule has 0 heterocycles. The van der Waals surface area contributed by atoms with E-state index in [0.717, 1.165) is 31.1 Å². The minimum absolute atomic E-state index is 0.0797. The van der Waals surface area contributed by atoms with Gasteiger partial charge in [-0.3, -0.25) is 9.59 Å². The maximum Gasteiger partial charge on any atom is 0.247 e. The molecule has 0 radical (unpaired) electrons. The molecule has 3 unspecified atom stereocenters. The fraction of sp³-hybridized carbons (Fsp3) is 0.722. The summed E-state index contributed by atoms with van der Waals surface area (Å²) in [6, 6.07) is 2.85. The van der Waals surface area contributed by atoms with Crippen LogP contribution in [0.25, 0.3) is 0 Å². The fourth-order valence-electron chi connectivity index (χ4n) is 9.72. The number of hydrogen-bond acceptors (Lipinski definition) is 7. The second-order valence-corrected chi connectivity index (χ2v) is 16.3. The van der Waals surface area contributed by atoms with Gasteiger partial charge in [0.1, 0.15) is 12.2 Å². The van der Waals surface area contributed by atoms with Gasteiger partial charge in [0.2, 0.25) is 11.8 Å². The van der Waals surface area contributed by atoms with Crippen molar-refractivity contribution >= 4 is 34.4 Å². The van der Waals surface area contributed by atoms with E-state index in [0.29, 0.717) is 62.8 Å². The first-order valence-electron chi connectivity index (χ1n) is 17.2. The van der Waals surface area contributed by atoms with Crippen molar-refractivity contribution in [2.75, 3.05) is 26.8 Å². The molecule has 1 aromatic rings. The highest BCUT2D eigenvalue weighted by Crippen LogP contribution is 2.61. The molecule has 0 aromatic heterocycles. The number of aliphatic hydroxyl groups excluding tert-OH is 3. The predicted octanol–water partition coefficient (Wildman–Crippen LogP) is 4.43. The highest BCUT2D eigenvalue weighted by atomic mass is 127. The van der Waals surface area contributed by atoms with Crippen LogP contribution >= 0.6 is 22.6 Å². The number of nitrogens with one attached hydrogen (secondary N) is 1. The molecular weight excluding hydrogens is 699 g/mol. The third-order valence-corrected chi connectivity index (χ3v) is 13.2. The van der Waals surface area contributed by atoms with Crippen molar-refractivity contribution in [3.63, 3.8) is 0 Å². The molecule has 0 saturated heterocycles. The van der Waals surface area contributed by atoms with Gasteiger partial charge in [0, 0.05) is 31.5 Å². The summed E-state index contributed by atoms with van der Waals surface area (Å²) in [5.74, 6) is 3.93. The largest absolute Gasteiger partial charge is 0.493 e. The van der Waals surface area contributed by atoms with Crippen molar-refractivity contribution in [1.82, 2.24) is 10.2 Å². The number of benzene rings is 1. The Kier molecular flexibility index (Phi) is 10.3.